The average Bonchev–Trinajstić information content (AvgIpc) is 2.73. The van der Waals surface area contributed by atoms with Crippen molar-refractivity contribution in [3.8, 4) is 0 Å². The van der Waals surface area contributed by atoms with Crippen molar-refractivity contribution < 1.29 is 13.6 Å². The van der Waals surface area contributed by atoms with E-state index in [4.69, 9.17) is 8.83 Å². The van der Waals surface area contributed by atoms with Crippen molar-refractivity contribution in [2.24, 2.45) is 0 Å². The van der Waals surface area contributed by atoms with Gasteiger partial charge in [-0.2, -0.15) is 0 Å². The van der Waals surface area contributed by atoms with Gasteiger partial charge in [-0.1, -0.05) is 0 Å². The Balaban J connectivity index is 1.92. The molecule has 1 amide bonds. The fourth-order valence-corrected chi connectivity index (χ4v) is 1.72. The number of hydrogen-bond acceptors (Lipinski definition) is 4. The molecule has 0 unspecified atom stereocenters. The van der Waals surface area contributed by atoms with Crippen LogP contribution in [0.15, 0.2) is 37.9 Å². The first kappa shape index (κ1) is 13.1. The number of aryl methyl sites for hydroxylation is 2. The molecule has 100 valence electrons. The Morgan fingerprint density at radius 2 is 1.95 bits per heavy atom. The van der Waals surface area contributed by atoms with Crippen molar-refractivity contribution in [3.05, 3.63) is 57.5 Å². The number of carbonyl (C=O) groups excluding carboxylic acids is 1. The lowest BCUT2D eigenvalue weighted by Crippen LogP contribution is -2.26. The van der Waals surface area contributed by atoms with Crippen LogP contribution in [0.2, 0.25) is 0 Å². The van der Waals surface area contributed by atoms with Gasteiger partial charge >= 0.3 is 0 Å². The van der Waals surface area contributed by atoms with Crippen molar-refractivity contribution in [2.45, 2.75) is 20.3 Å². The number of rotatable bonds is 4. The van der Waals surface area contributed by atoms with Crippen molar-refractivity contribution in [2.75, 3.05) is 6.54 Å². The van der Waals surface area contributed by atoms with Crippen LogP contribution in [0, 0.1) is 13.8 Å². The van der Waals surface area contributed by atoms with Gasteiger partial charge in [-0.3, -0.25) is 9.59 Å². The third kappa shape index (κ3) is 3.58. The van der Waals surface area contributed by atoms with Crippen LogP contribution in [-0.2, 0) is 6.42 Å². The van der Waals surface area contributed by atoms with Gasteiger partial charge < -0.3 is 14.2 Å². The van der Waals surface area contributed by atoms with Gasteiger partial charge in [0, 0.05) is 25.1 Å². The highest BCUT2D eigenvalue weighted by molar-refractivity contribution is 5.91. The minimum atomic E-state index is -0.399. The van der Waals surface area contributed by atoms with Crippen molar-refractivity contribution in [1.29, 1.82) is 0 Å². The second-order valence-electron chi connectivity index (χ2n) is 4.29. The van der Waals surface area contributed by atoms with Crippen LogP contribution < -0.4 is 10.7 Å². The Kier molecular flexibility index (Phi) is 3.85. The molecule has 19 heavy (non-hydrogen) atoms. The molecule has 2 aromatic heterocycles. The van der Waals surface area contributed by atoms with E-state index in [9.17, 15) is 9.59 Å². The first-order chi connectivity index (χ1) is 9.04. The lowest BCUT2D eigenvalue weighted by Gasteiger charge is -2.03. The maximum absolute atomic E-state index is 11.8. The molecule has 2 aromatic rings. The van der Waals surface area contributed by atoms with Crippen LogP contribution in [0.1, 0.15) is 27.8 Å². The molecule has 5 nitrogen and oxygen atoms in total. The van der Waals surface area contributed by atoms with E-state index in [-0.39, 0.29) is 11.2 Å². The molecule has 0 bridgehead atoms. The highest BCUT2D eigenvalue weighted by atomic mass is 16.3. The van der Waals surface area contributed by atoms with E-state index in [0.717, 1.165) is 11.5 Å². The van der Waals surface area contributed by atoms with E-state index >= 15 is 0 Å². The van der Waals surface area contributed by atoms with Crippen molar-refractivity contribution in [3.63, 3.8) is 0 Å². The second-order valence-corrected chi connectivity index (χ2v) is 4.29. The highest BCUT2D eigenvalue weighted by Crippen LogP contribution is 2.06. The number of hydrogen-bond donors (Lipinski definition) is 1. The molecule has 0 atom stereocenters. The van der Waals surface area contributed by atoms with Crippen LogP contribution in [0.4, 0.5) is 0 Å². The fourth-order valence-electron chi connectivity index (χ4n) is 1.72. The van der Waals surface area contributed by atoms with E-state index in [2.05, 4.69) is 5.32 Å². The molecule has 0 aliphatic rings. The molecule has 0 aliphatic heterocycles. The maximum atomic E-state index is 11.8. The van der Waals surface area contributed by atoms with Crippen LogP contribution >= 0.6 is 0 Å². The summed E-state index contributed by atoms with van der Waals surface area (Å²) in [5, 5.41) is 2.68. The van der Waals surface area contributed by atoms with E-state index < -0.39 is 5.91 Å². The summed E-state index contributed by atoms with van der Waals surface area (Å²) in [7, 11) is 0. The van der Waals surface area contributed by atoms with Crippen molar-refractivity contribution in [1.82, 2.24) is 5.32 Å². The standard InChI is InChI=1S/C14H15NO4/c1-9-3-4-12(18-9)5-6-15-14(17)13-8-11(16)7-10(2)19-13/h3-4,7-8H,5-6H2,1-2H3,(H,15,17). The number of furan rings is 1. The van der Waals surface area contributed by atoms with Crippen LogP contribution in [0.3, 0.4) is 0 Å². The Bertz CT molecular complexity index is 639. The largest absolute Gasteiger partial charge is 0.466 e. The molecule has 0 saturated carbocycles. The quantitative estimate of drug-likeness (QED) is 0.911. The SMILES string of the molecule is Cc1ccc(CCNC(=O)c2cc(=O)cc(C)o2)o1. The monoisotopic (exact) mass is 261 g/mol. The molecule has 2 rings (SSSR count). The summed E-state index contributed by atoms with van der Waals surface area (Å²) in [4.78, 5) is 23.0. The first-order valence-electron chi connectivity index (χ1n) is 6.00. The predicted octanol–water partition coefficient (Wildman–Crippen LogP) is 1.82. The third-order valence-corrected chi connectivity index (χ3v) is 2.57. The Labute approximate surface area is 110 Å². The summed E-state index contributed by atoms with van der Waals surface area (Å²) >= 11 is 0. The fraction of sp³-hybridized carbons (Fsp3) is 0.286. The van der Waals surface area contributed by atoms with Crippen molar-refractivity contribution >= 4 is 5.91 Å². The van der Waals surface area contributed by atoms with Crippen LogP contribution in [-0.4, -0.2) is 12.5 Å². The zero-order chi connectivity index (χ0) is 13.8. The van der Waals surface area contributed by atoms with Gasteiger partial charge in [-0.15, -0.1) is 0 Å². The number of nitrogens with one attached hydrogen (secondary N) is 1. The van der Waals surface area contributed by atoms with Crippen LogP contribution in [0.5, 0.6) is 0 Å². The van der Waals surface area contributed by atoms with Gasteiger partial charge in [0.1, 0.15) is 17.3 Å². The van der Waals surface area contributed by atoms with E-state index in [1.54, 1.807) is 6.92 Å². The molecule has 0 fully saturated rings. The summed E-state index contributed by atoms with van der Waals surface area (Å²) in [5.74, 6) is 1.69. The third-order valence-electron chi connectivity index (χ3n) is 2.57. The van der Waals surface area contributed by atoms with E-state index in [0.29, 0.717) is 18.7 Å². The van der Waals surface area contributed by atoms with Gasteiger partial charge in [-0.25, -0.2) is 0 Å². The lowest BCUT2D eigenvalue weighted by molar-refractivity contribution is 0.0922. The minimum absolute atomic E-state index is 0.0284. The Hall–Kier alpha value is -2.30. The molecular weight excluding hydrogens is 246 g/mol. The predicted molar refractivity (Wildman–Crippen MR) is 69.2 cm³/mol. The molecular formula is C14H15NO4. The average molecular weight is 261 g/mol. The summed E-state index contributed by atoms with van der Waals surface area (Å²) in [6.45, 7) is 3.91. The Morgan fingerprint density at radius 1 is 1.16 bits per heavy atom. The lowest BCUT2D eigenvalue weighted by atomic mass is 10.3. The first-order valence-corrected chi connectivity index (χ1v) is 6.00. The van der Waals surface area contributed by atoms with E-state index in [1.807, 2.05) is 19.1 Å². The molecule has 0 aromatic carbocycles. The summed E-state index contributed by atoms with van der Waals surface area (Å²) < 4.78 is 10.6. The molecule has 0 spiro atoms. The molecule has 0 radical (unpaired) electrons. The highest BCUT2D eigenvalue weighted by Gasteiger charge is 2.09. The second kappa shape index (κ2) is 5.56. The summed E-state index contributed by atoms with van der Waals surface area (Å²) in [5.41, 5.74) is -0.240. The zero-order valence-corrected chi connectivity index (χ0v) is 10.9. The van der Waals surface area contributed by atoms with Gasteiger partial charge in [-0.05, 0) is 26.0 Å². The summed E-state index contributed by atoms with van der Waals surface area (Å²) in [6, 6.07) is 6.26. The number of carbonyl (C=O) groups is 1. The molecule has 0 saturated heterocycles. The summed E-state index contributed by atoms with van der Waals surface area (Å²) in [6.07, 6.45) is 0.593. The smallest absolute Gasteiger partial charge is 0.287 e. The normalized spacial score (nSPS) is 10.4. The zero-order valence-electron chi connectivity index (χ0n) is 10.9. The van der Waals surface area contributed by atoms with Crippen LogP contribution in [0.25, 0.3) is 0 Å². The maximum Gasteiger partial charge on any atom is 0.287 e. The molecule has 5 heteroatoms. The van der Waals surface area contributed by atoms with E-state index in [1.165, 1.54) is 12.1 Å². The van der Waals surface area contributed by atoms with Gasteiger partial charge in [0.15, 0.2) is 11.2 Å². The molecule has 2 heterocycles. The van der Waals surface area contributed by atoms with Gasteiger partial charge in [0.2, 0.25) is 0 Å². The molecule has 1 N–H and O–H groups in total. The Morgan fingerprint density at radius 3 is 2.58 bits per heavy atom. The molecule has 0 aliphatic carbocycles. The minimum Gasteiger partial charge on any atom is -0.466 e. The topological polar surface area (TPSA) is 72.5 Å². The number of amides is 1. The van der Waals surface area contributed by atoms with Gasteiger partial charge in [0.25, 0.3) is 5.91 Å². The van der Waals surface area contributed by atoms with Gasteiger partial charge in [0.05, 0.1) is 0 Å².